The number of nitrogens with zero attached hydrogens (tertiary/aromatic N) is 3. The molecule has 0 N–H and O–H groups in total. The van der Waals surface area contributed by atoms with Crippen LogP contribution in [0, 0.1) is 0 Å². The van der Waals surface area contributed by atoms with Gasteiger partial charge in [0.05, 0.1) is 20.6 Å². The maximum Gasteiger partial charge on any atom is 0.243 e. The summed E-state index contributed by atoms with van der Waals surface area (Å²) in [6.07, 6.45) is 0.627. The van der Waals surface area contributed by atoms with Gasteiger partial charge in [0.1, 0.15) is 0 Å². The van der Waals surface area contributed by atoms with E-state index in [0.717, 1.165) is 16.4 Å². The number of anilines is 1. The van der Waals surface area contributed by atoms with Crippen LogP contribution in [0.4, 0.5) is 5.13 Å². The van der Waals surface area contributed by atoms with Crippen molar-refractivity contribution >= 4 is 72.9 Å². The average molecular weight is 537 g/mol. The van der Waals surface area contributed by atoms with Crippen LogP contribution in [0.25, 0.3) is 0 Å². The third-order valence-electron chi connectivity index (χ3n) is 4.89. The van der Waals surface area contributed by atoms with Crippen molar-refractivity contribution < 1.29 is 8.42 Å². The molecule has 0 spiro atoms. The standard InChI is InChI=1S/C20H17Cl4N3O2S2/c21-14-7-13(8-15(22)10-14)9-16-12-30-20(25-16)26-3-5-27(6-4-26)31(28,29)17-1-2-18(23)19(24)11-17/h1-2,7-8,10-12H,3-6,9H2. The highest BCUT2D eigenvalue weighted by atomic mass is 35.5. The minimum absolute atomic E-state index is 0.145. The van der Waals surface area contributed by atoms with Gasteiger partial charge in [-0.25, -0.2) is 13.4 Å². The average Bonchev–Trinajstić information content (AvgIpc) is 3.17. The molecule has 1 fully saturated rings. The zero-order chi connectivity index (χ0) is 22.2. The monoisotopic (exact) mass is 535 g/mol. The number of hydrogen-bond acceptors (Lipinski definition) is 5. The molecule has 0 amide bonds. The van der Waals surface area contributed by atoms with Gasteiger partial charge >= 0.3 is 0 Å². The van der Waals surface area contributed by atoms with E-state index in [1.807, 2.05) is 17.5 Å². The highest BCUT2D eigenvalue weighted by Gasteiger charge is 2.29. The van der Waals surface area contributed by atoms with E-state index < -0.39 is 10.0 Å². The van der Waals surface area contributed by atoms with Gasteiger partial charge in [0, 0.05) is 48.0 Å². The molecule has 0 radical (unpaired) electrons. The van der Waals surface area contributed by atoms with Crippen LogP contribution in [0.3, 0.4) is 0 Å². The number of rotatable bonds is 5. The largest absolute Gasteiger partial charge is 0.345 e. The van der Waals surface area contributed by atoms with Crippen LogP contribution >= 0.6 is 57.7 Å². The van der Waals surface area contributed by atoms with Gasteiger partial charge in [-0.1, -0.05) is 46.4 Å². The predicted octanol–water partition coefficient (Wildman–Crippen LogP) is 5.86. The molecule has 1 saturated heterocycles. The molecular formula is C20H17Cl4N3O2S2. The van der Waals surface area contributed by atoms with Crippen LogP contribution in [-0.4, -0.2) is 43.9 Å². The van der Waals surface area contributed by atoms with E-state index in [4.69, 9.17) is 51.4 Å². The second kappa shape index (κ2) is 9.43. The normalized spacial score (nSPS) is 15.4. The molecule has 0 saturated carbocycles. The smallest absolute Gasteiger partial charge is 0.243 e. The first kappa shape index (κ1) is 23.1. The summed E-state index contributed by atoms with van der Waals surface area (Å²) in [6.45, 7) is 1.83. The van der Waals surface area contributed by atoms with E-state index in [-0.39, 0.29) is 9.92 Å². The van der Waals surface area contributed by atoms with Gasteiger partial charge in [0.15, 0.2) is 5.13 Å². The molecule has 3 aromatic rings. The maximum atomic E-state index is 12.9. The third kappa shape index (κ3) is 5.30. The molecule has 0 atom stereocenters. The van der Waals surface area contributed by atoms with Gasteiger partial charge in [-0.3, -0.25) is 0 Å². The molecule has 1 aromatic heterocycles. The lowest BCUT2D eigenvalue weighted by atomic mass is 10.1. The second-order valence-electron chi connectivity index (χ2n) is 7.04. The van der Waals surface area contributed by atoms with Gasteiger partial charge in [0.25, 0.3) is 0 Å². The Morgan fingerprint density at radius 2 is 1.58 bits per heavy atom. The van der Waals surface area contributed by atoms with E-state index in [0.29, 0.717) is 47.7 Å². The molecule has 5 nitrogen and oxygen atoms in total. The Hall–Kier alpha value is -1.06. The van der Waals surface area contributed by atoms with Crippen molar-refractivity contribution in [1.29, 1.82) is 0 Å². The SMILES string of the molecule is O=S(=O)(c1ccc(Cl)c(Cl)c1)N1CCN(c2nc(Cc3cc(Cl)cc(Cl)c3)cs2)CC1. The number of aromatic nitrogens is 1. The van der Waals surface area contributed by atoms with Crippen molar-refractivity contribution in [3.05, 3.63) is 73.1 Å². The van der Waals surface area contributed by atoms with Gasteiger partial charge in [0.2, 0.25) is 10.0 Å². The van der Waals surface area contributed by atoms with Crippen LogP contribution in [0.1, 0.15) is 11.3 Å². The first-order valence-electron chi connectivity index (χ1n) is 9.32. The Balaban J connectivity index is 1.41. The third-order valence-corrected chi connectivity index (χ3v) is 8.91. The lowest BCUT2D eigenvalue weighted by Crippen LogP contribution is -2.48. The summed E-state index contributed by atoms with van der Waals surface area (Å²) in [6, 6.07) is 9.81. The molecule has 164 valence electrons. The Morgan fingerprint density at radius 1 is 0.903 bits per heavy atom. The molecule has 2 aromatic carbocycles. The molecule has 31 heavy (non-hydrogen) atoms. The number of halogens is 4. The van der Waals surface area contributed by atoms with Crippen LogP contribution < -0.4 is 4.90 Å². The number of hydrogen-bond donors (Lipinski definition) is 0. The van der Waals surface area contributed by atoms with Gasteiger partial charge < -0.3 is 4.90 Å². The Morgan fingerprint density at radius 3 is 2.23 bits per heavy atom. The van der Waals surface area contributed by atoms with Crippen molar-refractivity contribution in [2.75, 3.05) is 31.1 Å². The summed E-state index contributed by atoms with van der Waals surface area (Å²) in [5, 5.41) is 4.61. The minimum Gasteiger partial charge on any atom is -0.345 e. The van der Waals surface area contributed by atoms with Crippen LogP contribution in [-0.2, 0) is 16.4 Å². The fourth-order valence-electron chi connectivity index (χ4n) is 3.35. The quantitative estimate of drug-likeness (QED) is 0.410. The summed E-state index contributed by atoms with van der Waals surface area (Å²) in [7, 11) is -3.63. The zero-order valence-corrected chi connectivity index (χ0v) is 20.7. The highest BCUT2D eigenvalue weighted by Crippen LogP contribution is 2.29. The molecular weight excluding hydrogens is 520 g/mol. The number of thiazole rings is 1. The van der Waals surface area contributed by atoms with Crippen LogP contribution in [0.15, 0.2) is 46.7 Å². The van der Waals surface area contributed by atoms with Crippen molar-refractivity contribution in [2.45, 2.75) is 11.3 Å². The Bertz CT molecular complexity index is 1190. The predicted molar refractivity (Wildman–Crippen MR) is 129 cm³/mol. The fourth-order valence-corrected chi connectivity index (χ4v) is 6.61. The first-order valence-corrected chi connectivity index (χ1v) is 13.1. The van der Waals surface area contributed by atoms with Gasteiger partial charge in [-0.2, -0.15) is 4.31 Å². The Labute approximate surface area is 205 Å². The lowest BCUT2D eigenvalue weighted by molar-refractivity contribution is 0.384. The number of benzene rings is 2. The van der Waals surface area contributed by atoms with Crippen molar-refractivity contribution in [1.82, 2.24) is 9.29 Å². The summed E-state index contributed by atoms with van der Waals surface area (Å²) in [5.41, 5.74) is 1.91. The van der Waals surface area contributed by atoms with Gasteiger partial charge in [-0.15, -0.1) is 11.3 Å². The van der Waals surface area contributed by atoms with Gasteiger partial charge in [-0.05, 0) is 42.0 Å². The van der Waals surface area contributed by atoms with E-state index >= 15 is 0 Å². The molecule has 1 aliphatic rings. The molecule has 1 aliphatic heterocycles. The summed E-state index contributed by atoms with van der Waals surface area (Å²) in [5.74, 6) is 0. The maximum absolute atomic E-state index is 12.9. The fraction of sp³-hybridized carbons (Fsp3) is 0.250. The molecule has 0 bridgehead atoms. The van der Waals surface area contributed by atoms with Crippen LogP contribution in [0.2, 0.25) is 20.1 Å². The molecule has 0 aliphatic carbocycles. The van der Waals surface area contributed by atoms with Crippen LogP contribution in [0.5, 0.6) is 0 Å². The Kier molecular flexibility index (Phi) is 7.03. The van der Waals surface area contributed by atoms with Crippen molar-refractivity contribution in [3.63, 3.8) is 0 Å². The lowest BCUT2D eigenvalue weighted by Gasteiger charge is -2.33. The van der Waals surface area contributed by atoms with E-state index in [9.17, 15) is 8.42 Å². The summed E-state index contributed by atoms with van der Waals surface area (Å²) >= 11 is 25.6. The van der Waals surface area contributed by atoms with Crippen molar-refractivity contribution in [3.8, 4) is 0 Å². The number of sulfonamides is 1. The summed E-state index contributed by atoms with van der Waals surface area (Å²) in [4.78, 5) is 6.96. The molecule has 0 unspecified atom stereocenters. The molecule has 2 heterocycles. The van der Waals surface area contributed by atoms with E-state index in [1.165, 1.54) is 22.5 Å². The topological polar surface area (TPSA) is 53.5 Å². The zero-order valence-electron chi connectivity index (χ0n) is 16.1. The number of piperazine rings is 1. The molecule has 4 rings (SSSR count). The summed E-state index contributed by atoms with van der Waals surface area (Å²) < 4.78 is 27.3. The first-order chi connectivity index (χ1) is 14.7. The van der Waals surface area contributed by atoms with E-state index in [2.05, 4.69) is 4.90 Å². The molecule has 11 heteroatoms. The van der Waals surface area contributed by atoms with E-state index in [1.54, 1.807) is 17.4 Å². The second-order valence-corrected chi connectivity index (χ2v) is 11.5. The minimum atomic E-state index is -3.63. The van der Waals surface area contributed by atoms with Crippen molar-refractivity contribution in [2.24, 2.45) is 0 Å². The highest BCUT2D eigenvalue weighted by molar-refractivity contribution is 7.89.